The third kappa shape index (κ3) is 4.92. The van der Waals surface area contributed by atoms with Crippen molar-refractivity contribution in [2.45, 2.75) is 18.7 Å². The zero-order chi connectivity index (χ0) is 19.4. The maximum atomic E-state index is 12.5. The van der Waals surface area contributed by atoms with E-state index in [1.165, 1.54) is 12.1 Å². The van der Waals surface area contributed by atoms with Crippen molar-refractivity contribution in [3.8, 4) is 17.1 Å². The lowest BCUT2D eigenvalue weighted by molar-refractivity contribution is -0.0501. The lowest BCUT2D eigenvalue weighted by Crippen LogP contribution is -2.10. The van der Waals surface area contributed by atoms with Crippen LogP contribution in [-0.4, -0.2) is 33.3 Å². The fraction of sp³-hybridized carbons (Fsp3) is 0.167. The van der Waals surface area contributed by atoms with Crippen molar-refractivity contribution in [3.05, 3.63) is 58.1 Å². The molecule has 0 aliphatic heterocycles. The summed E-state index contributed by atoms with van der Waals surface area (Å²) in [5, 5.41) is 7.30. The fourth-order valence-electron chi connectivity index (χ4n) is 2.35. The number of carbonyl (C=O) groups is 1. The van der Waals surface area contributed by atoms with E-state index in [0.29, 0.717) is 11.0 Å². The van der Waals surface area contributed by atoms with Crippen molar-refractivity contribution >= 4 is 33.5 Å². The molecule has 0 atom stereocenters. The van der Waals surface area contributed by atoms with E-state index in [4.69, 9.17) is 0 Å². The van der Waals surface area contributed by atoms with Crippen LogP contribution in [0.2, 0.25) is 0 Å². The second kappa shape index (κ2) is 8.62. The molecular formula is C18H14BrF2N3O2S. The van der Waals surface area contributed by atoms with Gasteiger partial charge in [-0.1, -0.05) is 57.5 Å². The number of ether oxygens (including phenoxy) is 1. The van der Waals surface area contributed by atoms with Gasteiger partial charge in [0, 0.05) is 10.0 Å². The molecule has 0 saturated carbocycles. The lowest BCUT2D eigenvalue weighted by Gasteiger charge is -2.10. The van der Waals surface area contributed by atoms with Crippen LogP contribution in [0.3, 0.4) is 0 Å². The van der Waals surface area contributed by atoms with Crippen LogP contribution >= 0.6 is 27.7 Å². The molecule has 0 spiro atoms. The molecule has 0 saturated heterocycles. The number of benzene rings is 2. The van der Waals surface area contributed by atoms with Gasteiger partial charge in [0.25, 0.3) is 0 Å². The van der Waals surface area contributed by atoms with Crippen molar-refractivity contribution in [3.63, 3.8) is 0 Å². The Morgan fingerprint density at radius 2 is 2.07 bits per heavy atom. The van der Waals surface area contributed by atoms with Gasteiger partial charge in [0.1, 0.15) is 5.75 Å². The van der Waals surface area contributed by atoms with Gasteiger partial charge in [-0.3, -0.25) is 9.89 Å². The van der Waals surface area contributed by atoms with E-state index in [1.807, 2.05) is 24.3 Å². The smallest absolute Gasteiger partial charge is 0.387 e. The zero-order valence-corrected chi connectivity index (χ0v) is 16.5. The highest BCUT2D eigenvalue weighted by Crippen LogP contribution is 2.28. The first kappa shape index (κ1) is 19.5. The molecule has 0 aliphatic rings. The summed E-state index contributed by atoms with van der Waals surface area (Å²) in [4.78, 5) is 16.8. The van der Waals surface area contributed by atoms with E-state index >= 15 is 0 Å². The SMILES string of the molecule is Cc1ccc(OC(F)F)c(C(=O)CSc2n[nH]c(-c3ccccc3Br)n2)c1. The zero-order valence-electron chi connectivity index (χ0n) is 14.1. The molecule has 3 aromatic rings. The average molecular weight is 454 g/mol. The van der Waals surface area contributed by atoms with Gasteiger partial charge in [-0.15, -0.1) is 5.10 Å². The summed E-state index contributed by atoms with van der Waals surface area (Å²) in [6.45, 7) is -1.22. The number of carbonyl (C=O) groups excluding carboxylic acids is 1. The summed E-state index contributed by atoms with van der Waals surface area (Å²) in [7, 11) is 0. The first-order valence-corrected chi connectivity index (χ1v) is 9.60. The summed E-state index contributed by atoms with van der Waals surface area (Å²) >= 11 is 4.56. The first-order chi connectivity index (χ1) is 12.9. The molecule has 5 nitrogen and oxygen atoms in total. The molecule has 1 heterocycles. The quantitative estimate of drug-likeness (QED) is 0.397. The Kier molecular flexibility index (Phi) is 6.22. The van der Waals surface area contributed by atoms with Gasteiger partial charge >= 0.3 is 6.61 Å². The van der Waals surface area contributed by atoms with Crippen LogP contribution in [0.15, 0.2) is 52.1 Å². The van der Waals surface area contributed by atoms with E-state index in [1.54, 1.807) is 13.0 Å². The van der Waals surface area contributed by atoms with E-state index in [9.17, 15) is 13.6 Å². The highest BCUT2D eigenvalue weighted by Gasteiger charge is 2.17. The van der Waals surface area contributed by atoms with Crippen LogP contribution in [-0.2, 0) is 0 Å². The lowest BCUT2D eigenvalue weighted by atomic mass is 10.1. The largest absolute Gasteiger partial charge is 0.434 e. The van der Waals surface area contributed by atoms with Crippen molar-refractivity contribution in [2.75, 3.05) is 5.75 Å². The van der Waals surface area contributed by atoms with Gasteiger partial charge in [-0.05, 0) is 25.1 Å². The Hall–Kier alpha value is -2.26. The van der Waals surface area contributed by atoms with E-state index in [-0.39, 0.29) is 22.8 Å². The Morgan fingerprint density at radius 3 is 2.81 bits per heavy atom. The number of hydrogen-bond acceptors (Lipinski definition) is 5. The third-order valence-corrected chi connectivity index (χ3v) is 5.12. The minimum Gasteiger partial charge on any atom is -0.434 e. The van der Waals surface area contributed by atoms with Crippen LogP contribution < -0.4 is 4.74 Å². The van der Waals surface area contributed by atoms with Gasteiger partial charge in [0.2, 0.25) is 5.16 Å². The maximum absolute atomic E-state index is 12.5. The Bertz CT molecular complexity index is 965. The molecule has 2 aromatic carbocycles. The van der Waals surface area contributed by atoms with Crippen molar-refractivity contribution in [1.29, 1.82) is 0 Å². The minimum absolute atomic E-state index is 0.00367. The van der Waals surface area contributed by atoms with Gasteiger partial charge < -0.3 is 4.74 Å². The highest BCUT2D eigenvalue weighted by atomic mass is 79.9. The van der Waals surface area contributed by atoms with Crippen LogP contribution in [0, 0.1) is 6.92 Å². The highest BCUT2D eigenvalue weighted by molar-refractivity contribution is 9.10. The van der Waals surface area contributed by atoms with Crippen LogP contribution in [0.25, 0.3) is 11.4 Å². The number of H-pyrrole nitrogens is 1. The number of aryl methyl sites for hydroxylation is 1. The molecule has 140 valence electrons. The molecule has 0 amide bonds. The molecule has 1 aromatic heterocycles. The van der Waals surface area contributed by atoms with Crippen LogP contribution in [0.5, 0.6) is 5.75 Å². The molecule has 0 bridgehead atoms. The molecule has 0 fully saturated rings. The third-order valence-electron chi connectivity index (χ3n) is 3.58. The first-order valence-electron chi connectivity index (χ1n) is 7.83. The predicted octanol–water partition coefficient (Wildman–Crippen LogP) is 5.12. The van der Waals surface area contributed by atoms with Gasteiger partial charge in [-0.2, -0.15) is 8.78 Å². The summed E-state index contributed by atoms with van der Waals surface area (Å²) in [6, 6.07) is 12.0. The number of nitrogens with zero attached hydrogens (tertiary/aromatic N) is 2. The number of aromatic nitrogens is 3. The maximum Gasteiger partial charge on any atom is 0.387 e. The van der Waals surface area contributed by atoms with Gasteiger partial charge in [0.05, 0.1) is 11.3 Å². The number of Topliss-reactive ketones (excluding diaryl/α,β-unsaturated/α-hetero) is 1. The summed E-state index contributed by atoms with van der Waals surface area (Å²) < 4.78 is 30.4. The molecule has 3 rings (SSSR count). The Labute approximate surface area is 166 Å². The fourth-order valence-corrected chi connectivity index (χ4v) is 3.51. The van der Waals surface area contributed by atoms with Crippen molar-refractivity contribution in [2.24, 2.45) is 0 Å². The number of thioether (sulfide) groups is 1. The standard InChI is InChI=1S/C18H14BrF2N3O2S/c1-10-6-7-15(26-17(20)21)12(8-10)14(25)9-27-18-22-16(23-24-18)11-4-2-3-5-13(11)19/h2-8,17H,9H2,1H3,(H,22,23,24). The molecule has 0 radical (unpaired) electrons. The van der Waals surface area contributed by atoms with Crippen LogP contribution in [0.1, 0.15) is 15.9 Å². The predicted molar refractivity (Wildman–Crippen MR) is 102 cm³/mol. The van der Waals surface area contributed by atoms with E-state index in [0.717, 1.165) is 27.4 Å². The van der Waals surface area contributed by atoms with Crippen molar-refractivity contribution < 1.29 is 18.3 Å². The number of ketones is 1. The topological polar surface area (TPSA) is 67.9 Å². The van der Waals surface area contributed by atoms with E-state index in [2.05, 4.69) is 35.8 Å². The summed E-state index contributed by atoms with van der Waals surface area (Å²) in [6.07, 6.45) is 0. The molecule has 9 heteroatoms. The monoisotopic (exact) mass is 453 g/mol. The van der Waals surface area contributed by atoms with Crippen LogP contribution in [0.4, 0.5) is 8.78 Å². The number of alkyl halides is 2. The van der Waals surface area contributed by atoms with Crippen molar-refractivity contribution in [1.82, 2.24) is 15.2 Å². The second-order valence-electron chi connectivity index (χ2n) is 5.54. The summed E-state index contributed by atoms with van der Waals surface area (Å²) in [5.41, 5.74) is 1.73. The Morgan fingerprint density at radius 1 is 1.30 bits per heavy atom. The van der Waals surface area contributed by atoms with E-state index < -0.39 is 6.61 Å². The van der Waals surface area contributed by atoms with Gasteiger partial charge in [-0.25, -0.2) is 4.98 Å². The number of aromatic amines is 1. The number of nitrogens with one attached hydrogen (secondary N) is 1. The minimum atomic E-state index is -2.99. The summed E-state index contributed by atoms with van der Waals surface area (Å²) in [5.74, 6) is 0.0856. The number of halogens is 3. The molecule has 27 heavy (non-hydrogen) atoms. The molecular weight excluding hydrogens is 440 g/mol. The van der Waals surface area contributed by atoms with Gasteiger partial charge in [0.15, 0.2) is 11.6 Å². The Balaban J connectivity index is 1.72. The molecule has 0 aliphatic carbocycles. The normalized spacial score (nSPS) is 11.0. The molecule has 1 N–H and O–H groups in total. The molecule has 0 unspecified atom stereocenters. The average Bonchev–Trinajstić information content (AvgIpc) is 3.10. The number of rotatable bonds is 7. The second-order valence-corrected chi connectivity index (χ2v) is 7.33. The number of hydrogen-bond donors (Lipinski definition) is 1.